The maximum atomic E-state index is 10.9. The van der Waals surface area contributed by atoms with Crippen molar-refractivity contribution in [2.24, 2.45) is 5.92 Å². The van der Waals surface area contributed by atoms with Crippen molar-refractivity contribution in [2.75, 3.05) is 0 Å². The van der Waals surface area contributed by atoms with Gasteiger partial charge in [-0.15, -0.1) is 0 Å². The molecule has 0 aliphatic heterocycles. The highest BCUT2D eigenvalue weighted by molar-refractivity contribution is 5.69. The third-order valence-electron chi connectivity index (χ3n) is 5.00. The minimum atomic E-state index is -0.613. The van der Waals surface area contributed by atoms with Gasteiger partial charge in [-0.25, -0.2) is 0 Å². The number of carbonyl (C=O) groups is 1. The summed E-state index contributed by atoms with van der Waals surface area (Å²) in [6.07, 6.45) is 22.1. The van der Waals surface area contributed by atoms with Crippen molar-refractivity contribution in [3.63, 3.8) is 0 Å². The minimum absolute atomic E-state index is 0.114. The molecule has 1 atom stereocenters. The molecule has 0 aromatic rings. The summed E-state index contributed by atoms with van der Waals surface area (Å²) in [6.45, 7) is 4.25. The average Bonchev–Trinajstić information content (AvgIpc) is 2.54. The molecule has 0 bridgehead atoms. The molecule has 0 amide bonds. The van der Waals surface area contributed by atoms with Gasteiger partial charge < -0.3 is 5.11 Å². The van der Waals surface area contributed by atoms with Crippen molar-refractivity contribution >= 4 is 5.97 Å². The molecule has 0 fully saturated rings. The second-order valence-corrected chi connectivity index (χ2v) is 7.18. The van der Waals surface area contributed by atoms with Gasteiger partial charge in [-0.2, -0.15) is 0 Å². The van der Waals surface area contributed by atoms with Gasteiger partial charge in [0.1, 0.15) is 0 Å². The Bertz CT molecular complexity index is 250. The normalized spacial score (nSPS) is 12.4. The summed E-state index contributed by atoms with van der Waals surface area (Å²) in [5, 5.41) is 8.99. The molecule has 138 valence electrons. The molecule has 0 radical (unpaired) electrons. The Balaban J connectivity index is 3.12. The van der Waals surface area contributed by atoms with E-state index in [1.54, 1.807) is 0 Å². The smallest absolute Gasteiger partial charge is 0.306 e. The molecule has 0 rings (SSSR count). The molecule has 0 saturated carbocycles. The fourth-order valence-electron chi connectivity index (χ4n) is 3.26. The molecule has 23 heavy (non-hydrogen) atoms. The summed E-state index contributed by atoms with van der Waals surface area (Å²) in [5.74, 6) is -0.727. The largest absolute Gasteiger partial charge is 0.481 e. The maximum Gasteiger partial charge on any atom is 0.306 e. The molecule has 2 heteroatoms. The highest BCUT2D eigenvalue weighted by atomic mass is 16.4. The van der Waals surface area contributed by atoms with Gasteiger partial charge in [-0.05, 0) is 12.8 Å². The van der Waals surface area contributed by atoms with Crippen molar-refractivity contribution in [1.29, 1.82) is 0 Å². The Hall–Kier alpha value is -0.530. The number of carboxylic acids is 1. The first-order valence-electron chi connectivity index (χ1n) is 10.4. The lowest BCUT2D eigenvalue weighted by molar-refractivity contribution is -0.142. The fourth-order valence-corrected chi connectivity index (χ4v) is 3.26. The third kappa shape index (κ3) is 16.1. The summed E-state index contributed by atoms with van der Waals surface area (Å²) >= 11 is 0. The van der Waals surface area contributed by atoms with Crippen LogP contribution in [0.2, 0.25) is 0 Å². The molecule has 0 saturated heterocycles. The lowest BCUT2D eigenvalue weighted by atomic mass is 9.98. The summed E-state index contributed by atoms with van der Waals surface area (Å²) in [7, 11) is 0. The highest BCUT2D eigenvalue weighted by Crippen LogP contribution is 2.16. The van der Waals surface area contributed by atoms with Crippen molar-refractivity contribution in [2.45, 2.75) is 123 Å². The molecule has 0 unspecified atom stereocenters. The number of carboxylic acid groups (broad SMARTS) is 1. The first-order chi connectivity index (χ1) is 11.2. The topological polar surface area (TPSA) is 37.3 Å². The number of hydrogen-bond donors (Lipinski definition) is 1. The zero-order valence-electron chi connectivity index (χ0n) is 16.0. The molecule has 0 aromatic heterocycles. The number of unbranched alkanes of at least 4 members (excludes halogenated alkanes) is 14. The van der Waals surface area contributed by atoms with Crippen LogP contribution < -0.4 is 0 Å². The zero-order chi connectivity index (χ0) is 17.2. The molecular formula is C21H42O2. The Morgan fingerprint density at radius 2 is 1.00 bits per heavy atom. The molecule has 0 aliphatic rings. The van der Waals surface area contributed by atoms with Gasteiger partial charge in [0, 0.05) is 0 Å². The lowest BCUT2D eigenvalue weighted by Crippen LogP contribution is -2.12. The zero-order valence-corrected chi connectivity index (χ0v) is 16.0. The van der Waals surface area contributed by atoms with Crippen LogP contribution in [-0.2, 0) is 4.79 Å². The Morgan fingerprint density at radius 3 is 1.30 bits per heavy atom. The molecule has 0 aromatic carbocycles. The summed E-state index contributed by atoms with van der Waals surface area (Å²) in [4.78, 5) is 10.9. The van der Waals surface area contributed by atoms with Crippen molar-refractivity contribution in [3.8, 4) is 0 Å². The third-order valence-corrected chi connectivity index (χ3v) is 5.00. The van der Waals surface area contributed by atoms with E-state index in [0.29, 0.717) is 0 Å². The molecule has 0 heterocycles. The van der Waals surface area contributed by atoms with Crippen molar-refractivity contribution in [3.05, 3.63) is 0 Å². The van der Waals surface area contributed by atoms with E-state index >= 15 is 0 Å². The van der Waals surface area contributed by atoms with Gasteiger partial charge in [0.05, 0.1) is 5.92 Å². The van der Waals surface area contributed by atoms with Crippen LogP contribution in [0.25, 0.3) is 0 Å². The second-order valence-electron chi connectivity index (χ2n) is 7.18. The van der Waals surface area contributed by atoms with E-state index in [0.717, 1.165) is 19.3 Å². The van der Waals surface area contributed by atoms with Crippen LogP contribution in [0.5, 0.6) is 0 Å². The quantitative estimate of drug-likeness (QED) is 0.267. The van der Waals surface area contributed by atoms with E-state index in [9.17, 15) is 4.79 Å². The van der Waals surface area contributed by atoms with Crippen LogP contribution in [0.1, 0.15) is 123 Å². The van der Waals surface area contributed by atoms with Crippen LogP contribution in [0.4, 0.5) is 0 Å². The molecule has 0 spiro atoms. The predicted molar refractivity (Wildman–Crippen MR) is 101 cm³/mol. The van der Waals surface area contributed by atoms with Gasteiger partial charge >= 0.3 is 5.97 Å². The fraction of sp³-hybridized carbons (Fsp3) is 0.952. The van der Waals surface area contributed by atoms with Gasteiger partial charge in [-0.1, -0.05) is 110 Å². The van der Waals surface area contributed by atoms with E-state index in [2.05, 4.69) is 6.92 Å². The van der Waals surface area contributed by atoms with E-state index < -0.39 is 5.97 Å². The number of rotatable bonds is 18. The molecule has 1 N–H and O–H groups in total. The van der Waals surface area contributed by atoms with Crippen LogP contribution in [0.3, 0.4) is 0 Å². The van der Waals surface area contributed by atoms with E-state index in [-0.39, 0.29) is 5.92 Å². The monoisotopic (exact) mass is 326 g/mol. The SMILES string of the molecule is CCCCCCCCCCCCCCCCC[C@H](CC)C(=O)O. The molecule has 2 nitrogen and oxygen atoms in total. The lowest BCUT2D eigenvalue weighted by Gasteiger charge is -2.08. The predicted octanol–water partition coefficient (Wildman–Crippen LogP) is 7.36. The number of aliphatic carboxylic acids is 1. The van der Waals surface area contributed by atoms with E-state index in [1.807, 2.05) is 6.92 Å². The van der Waals surface area contributed by atoms with Crippen LogP contribution in [0, 0.1) is 5.92 Å². The van der Waals surface area contributed by atoms with Crippen molar-refractivity contribution < 1.29 is 9.90 Å². The van der Waals surface area contributed by atoms with Crippen molar-refractivity contribution in [1.82, 2.24) is 0 Å². The summed E-state index contributed by atoms with van der Waals surface area (Å²) < 4.78 is 0. The Labute approximate surface area is 145 Å². The molecular weight excluding hydrogens is 284 g/mol. The first-order valence-corrected chi connectivity index (χ1v) is 10.4. The second kappa shape index (κ2) is 17.8. The van der Waals surface area contributed by atoms with Gasteiger partial charge in [0.15, 0.2) is 0 Å². The van der Waals surface area contributed by atoms with Gasteiger partial charge in [0.2, 0.25) is 0 Å². The maximum absolute atomic E-state index is 10.9. The van der Waals surface area contributed by atoms with Crippen LogP contribution in [-0.4, -0.2) is 11.1 Å². The average molecular weight is 327 g/mol. The van der Waals surface area contributed by atoms with Crippen LogP contribution in [0.15, 0.2) is 0 Å². The first kappa shape index (κ1) is 22.5. The van der Waals surface area contributed by atoms with Gasteiger partial charge in [0.25, 0.3) is 0 Å². The Morgan fingerprint density at radius 1 is 0.652 bits per heavy atom. The van der Waals surface area contributed by atoms with E-state index in [4.69, 9.17) is 5.11 Å². The van der Waals surface area contributed by atoms with Crippen LogP contribution >= 0.6 is 0 Å². The van der Waals surface area contributed by atoms with Gasteiger partial charge in [-0.3, -0.25) is 4.79 Å². The molecule has 0 aliphatic carbocycles. The summed E-state index contributed by atoms with van der Waals surface area (Å²) in [6, 6.07) is 0. The van der Waals surface area contributed by atoms with E-state index in [1.165, 1.54) is 89.9 Å². The minimum Gasteiger partial charge on any atom is -0.481 e. The summed E-state index contributed by atoms with van der Waals surface area (Å²) in [5.41, 5.74) is 0. The standard InChI is InChI=1S/C21H42O2/c1-3-5-6-7-8-9-10-11-12-13-14-15-16-17-18-19-20(4-2)21(22)23/h20H,3-19H2,1-2H3,(H,22,23)/t20-/m0/s1. The highest BCUT2D eigenvalue weighted by Gasteiger charge is 2.13. The number of hydrogen-bond acceptors (Lipinski definition) is 1. The Kier molecular flexibility index (Phi) is 17.4.